The van der Waals surface area contributed by atoms with Gasteiger partial charge >= 0.3 is 0 Å². The first kappa shape index (κ1) is 14.5. The molecule has 2 aromatic rings. The van der Waals surface area contributed by atoms with Gasteiger partial charge < -0.3 is 10.1 Å². The van der Waals surface area contributed by atoms with Crippen LogP contribution in [0.2, 0.25) is 0 Å². The van der Waals surface area contributed by atoms with E-state index in [0.717, 1.165) is 11.3 Å². The van der Waals surface area contributed by atoms with Crippen molar-refractivity contribution < 1.29 is 9.53 Å². The highest BCUT2D eigenvalue weighted by atomic mass is 79.9. The predicted molar refractivity (Wildman–Crippen MR) is 80.8 cm³/mol. The molecule has 1 aromatic heterocycles. The van der Waals surface area contributed by atoms with E-state index in [4.69, 9.17) is 4.74 Å². The summed E-state index contributed by atoms with van der Waals surface area (Å²) in [6.45, 7) is 1.93. The van der Waals surface area contributed by atoms with Gasteiger partial charge in [0, 0.05) is 10.7 Å². The molecule has 0 spiro atoms. The zero-order chi connectivity index (χ0) is 14.5. The first-order chi connectivity index (χ1) is 9.61. The Morgan fingerprint density at radius 3 is 2.60 bits per heavy atom. The van der Waals surface area contributed by atoms with E-state index in [-0.39, 0.29) is 11.9 Å². The van der Waals surface area contributed by atoms with Crippen molar-refractivity contribution in [2.75, 3.05) is 7.11 Å². The number of methoxy groups -OCH3 is 1. The fraction of sp³-hybridized carbons (Fsp3) is 0.200. The smallest absolute Gasteiger partial charge is 0.271 e. The maximum absolute atomic E-state index is 12.1. The number of aromatic nitrogens is 1. The third kappa shape index (κ3) is 3.36. The van der Waals surface area contributed by atoms with Crippen molar-refractivity contribution >= 4 is 21.8 Å². The van der Waals surface area contributed by atoms with Crippen LogP contribution in [0.3, 0.4) is 0 Å². The summed E-state index contributed by atoms with van der Waals surface area (Å²) < 4.78 is 5.79. The lowest BCUT2D eigenvalue weighted by Crippen LogP contribution is -2.27. The molecule has 5 heteroatoms. The number of halogens is 1. The van der Waals surface area contributed by atoms with E-state index < -0.39 is 0 Å². The monoisotopic (exact) mass is 334 g/mol. The van der Waals surface area contributed by atoms with E-state index in [1.54, 1.807) is 25.4 Å². The van der Waals surface area contributed by atoms with E-state index in [9.17, 15) is 4.79 Å². The van der Waals surface area contributed by atoms with Gasteiger partial charge in [-0.25, -0.2) is 4.98 Å². The van der Waals surface area contributed by atoms with E-state index in [0.29, 0.717) is 10.2 Å². The van der Waals surface area contributed by atoms with Crippen LogP contribution in [0.5, 0.6) is 5.75 Å². The van der Waals surface area contributed by atoms with Crippen molar-refractivity contribution in [3.8, 4) is 5.75 Å². The molecule has 1 atom stereocenters. The first-order valence-corrected chi connectivity index (χ1v) is 6.96. The Bertz CT molecular complexity index is 599. The van der Waals surface area contributed by atoms with E-state index in [1.165, 1.54) is 0 Å². The van der Waals surface area contributed by atoms with E-state index in [2.05, 4.69) is 26.2 Å². The number of ether oxygens (including phenoxy) is 1. The normalized spacial score (nSPS) is 11.8. The number of benzene rings is 1. The number of pyridine rings is 1. The van der Waals surface area contributed by atoms with E-state index >= 15 is 0 Å². The molecule has 0 bridgehead atoms. The summed E-state index contributed by atoms with van der Waals surface area (Å²) in [5, 5.41) is 2.92. The fourth-order valence-corrected chi connectivity index (χ4v) is 2.23. The lowest BCUT2D eigenvalue weighted by Gasteiger charge is -2.15. The van der Waals surface area contributed by atoms with Crippen molar-refractivity contribution in [3.05, 3.63) is 58.3 Å². The Kier molecular flexibility index (Phi) is 4.74. The molecule has 104 valence electrons. The highest BCUT2D eigenvalue weighted by Crippen LogP contribution is 2.19. The summed E-state index contributed by atoms with van der Waals surface area (Å²) in [5.74, 6) is 0.584. The van der Waals surface area contributed by atoms with Crippen LogP contribution in [0.4, 0.5) is 0 Å². The van der Waals surface area contributed by atoms with Crippen LogP contribution in [0, 0.1) is 0 Å². The van der Waals surface area contributed by atoms with Crippen LogP contribution in [-0.4, -0.2) is 18.0 Å². The van der Waals surface area contributed by atoms with Crippen LogP contribution < -0.4 is 10.1 Å². The molecule has 0 aliphatic rings. The predicted octanol–water partition coefficient (Wildman–Crippen LogP) is 3.34. The van der Waals surface area contributed by atoms with Gasteiger partial charge in [0.1, 0.15) is 11.4 Å². The van der Waals surface area contributed by atoms with Gasteiger partial charge in [0.25, 0.3) is 5.91 Å². The van der Waals surface area contributed by atoms with Crippen molar-refractivity contribution in [1.29, 1.82) is 0 Å². The molecule has 1 heterocycles. The quantitative estimate of drug-likeness (QED) is 0.932. The average Bonchev–Trinajstić information content (AvgIpc) is 2.47. The Hall–Kier alpha value is -1.88. The minimum Gasteiger partial charge on any atom is -0.497 e. The first-order valence-electron chi connectivity index (χ1n) is 6.17. The number of amides is 1. The van der Waals surface area contributed by atoms with Crippen LogP contribution >= 0.6 is 15.9 Å². The molecule has 0 saturated heterocycles. The molecular weight excluding hydrogens is 320 g/mol. The van der Waals surface area contributed by atoms with Crippen LogP contribution in [0.1, 0.15) is 29.0 Å². The second-order valence-electron chi connectivity index (χ2n) is 4.30. The SMILES string of the molecule is COc1ccc(C(C)NC(=O)c2ncccc2Br)cc1. The van der Waals surface area contributed by atoms with Gasteiger partial charge in [-0.15, -0.1) is 0 Å². The second-order valence-corrected chi connectivity index (χ2v) is 5.16. The summed E-state index contributed by atoms with van der Waals surface area (Å²) in [6, 6.07) is 11.0. The van der Waals surface area contributed by atoms with Gasteiger partial charge in [0.2, 0.25) is 0 Å². The third-order valence-electron chi connectivity index (χ3n) is 2.94. The van der Waals surface area contributed by atoms with Gasteiger partial charge in [0.15, 0.2) is 0 Å². The zero-order valence-electron chi connectivity index (χ0n) is 11.3. The van der Waals surface area contributed by atoms with Crippen LogP contribution in [0.25, 0.3) is 0 Å². The molecule has 0 aliphatic carbocycles. The van der Waals surface area contributed by atoms with Gasteiger partial charge in [-0.2, -0.15) is 0 Å². The molecule has 1 aromatic carbocycles. The second kappa shape index (κ2) is 6.52. The van der Waals surface area contributed by atoms with Crippen LogP contribution in [-0.2, 0) is 0 Å². The topological polar surface area (TPSA) is 51.2 Å². The Labute approximate surface area is 126 Å². The highest BCUT2D eigenvalue weighted by Gasteiger charge is 2.14. The summed E-state index contributed by atoms with van der Waals surface area (Å²) >= 11 is 3.32. The number of carbonyl (C=O) groups is 1. The molecule has 1 unspecified atom stereocenters. The minimum absolute atomic E-state index is 0.109. The maximum atomic E-state index is 12.1. The number of hydrogen-bond donors (Lipinski definition) is 1. The molecular formula is C15H15BrN2O2. The zero-order valence-corrected chi connectivity index (χ0v) is 12.8. The lowest BCUT2D eigenvalue weighted by atomic mass is 10.1. The van der Waals surface area contributed by atoms with Crippen molar-refractivity contribution in [2.24, 2.45) is 0 Å². The van der Waals surface area contributed by atoms with Gasteiger partial charge in [-0.05, 0) is 52.7 Å². The lowest BCUT2D eigenvalue weighted by molar-refractivity contribution is 0.0934. The standard InChI is InChI=1S/C15H15BrN2O2/c1-10(11-5-7-12(20-2)8-6-11)18-15(19)14-13(16)4-3-9-17-14/h3-10H,1-2H3,(H,18,19). The van der Waals surface area contributed by atoms with Gasteiger partial charge in [0.05, 0.1) is 13.2 Å². The third-order valence-corrected chi connectivity index (χ3v) is 3.58. The average molecular weight is 335 g/mol. The molecule has 20 heavy (non-hydrogen) atoms. The molecule has 0 fully saturated rings. The Morgan fingerprint density at radius 1 is 1.30 bits per heavy atom. The summed E-state index contributed by atoms with van der Waals surface area (Å²) in [6.07, 6.45) is 1.59. The summed E-state index contributed by atoms with van der Waals surface area (Å²) in [5.41, 5.74) is 1.39. The Morgan fingerprint density at radius 2 is 2.00 bits per heavy atom. The molecule has 4 nitrogen and oxygen atoms in total. The Balaban J connectivity index is 2.09. The van der Waals surface area contributed by atoms with Crippen LogP contribution in [0.15, 0.2) is 47.1 Å². The number of rotatable bonds is 4. The molecule has 0 aliphatic heterocycles. The fourth-order valence-electron chi connectivity index (χ4n) is 1.79. The number of carbonyl (C=O) groups excluding carboxylic acids is 1. The molecule has 2 rings (SSSR count). The number of nitrogens with one attached hydrogen (secondary N) is 1. The largest absolute Gasteiger partial charge is 0.497 e. The number of nitrogens with zero attached hydrogens (tertiary/aromatic N) is 1. The maximum Gasteiger partial charge on any atom is 0.271 e. The molecule has 1 amide bonds. The van der Waals surface area contributed by atoms with Gasteiger partial charge in [-0.3, -0.25) is 4.79 Å². The summed E-state index contributed by atoms with van der Waals surface area (Å²) in [7, 11) is 1.62. The van der Waals surface area contributed by atoms with Crippen molar-refractivity contribution in [2.45, 2.75) is 13.0 Å². The van der Waals surface area contributed by atoms with Crippen molar-refractivity contribution in [1.82, 2.24) is 10.3 Å². The van der Waals surface area contributed by atoms with Crippen molar-refractivity contribution in [3.63, 3.8) is 0 Å². The molecule has 0 radical (unpaired) electrons. The molecule has 1 N–H and O–H groups in total. The summed E-state index contributed by atoms with van der Waals surface area (Å²) in [4.78, 5) is 16.2. The highest BCUT2D eigenvalue weighted by molar-refractivity contribution is 9.10. The minimum atomic E-state index is -0.208. The van der Waals surface area contributed by atoms with Gasteiger partial charge in [-0.1, -0.05) is 12.1 Å². The number of hydrogen-bond acceptors (Lipinski definition) is 3. The molecule has 0 saturated carbocycles. The van der Waals surface area contributed by atoms with E-state index in [1.807, 2.05) is 31.2 Å².